The summed E-state index contributed by atoms with van der Waals surface area (Å²) in [5.41, 5.74) is 0.795. The lowest BCUT2D eigenvalue weighted by Crippen LogP contribution is -1.97. The van der Waals surface area contributed by atoms with Gasteiger partial charge in [-0.3, -0.25) is 0 Å². The van der Waals surface area contributed by atoms with Gasteiger partial charge in [0.15, 0.2) is 0 Å². The highest BCUT2D eigenvalue weighted by atomic mass is 32.1. The lowest BCUT2D eigenvalue weighted by Gasteiger charge is -2.02. The van der Waals surface area contributed by atoms with Crippen LogP contribution in [0.25, 0.3) is 20.7 Å². The summed E-state index contributed by atoms with van der Waals surface area (Å²) in [5, 5.41) is 9.21. The number of halogens is 1. The zero-order valence-electron chi connectivity index (χ0n) is 11.4. The van der Waals surface area contributed by atoms with Gasteiger partial charge in [0.05, 0.1) is 12.0 Å². The van der Waals surface area contributed by atoms with Gasteiger partial charge >= 0.3 is 0 Å². The predicted molar refractivity (Wildman–Crippen MR) is 80.9 cm³/mol. The number of ether oxygens (including phenoxy) is 2. The maximum atomic E-state index is 12.1. The number of hydrogen-bond acceptors (Lipinski definition) is 5. The number of alkyl halides is 1. The first kappa shape index (κ1) is 13.8. The SMILES string of the molecule is COc1ccc(-c2cc3ccc(OCCF)cc3s2)nn1. The van der Waals surface area contributed by atoms with E-state index >= 15 is 0 Å². The van der Waals surface area contributed by atoms with E-state index in [9.17, 15) is 4.39 Å². The van der Waals surface area contributed by atoms with E-state index in [1.165, 1.54) is 0 Å². The van der Waals surface area contributed by atoms with E-state index in [0.717, 1.165) is 20.7 Å². The second-order valence-corrected chi connectivity index (χ2v) is 5.39. The van der Waals surface area contributed by atoms with Crippen molar-refractivity contribution in [2.45, 2.75) is 0 Å². The Labute approximate surface area is 125 Å². The van der Waals surface area contributed by atoms with Crippen LogP contribution in [0.5, 0.6) is 11.6 Å². The Morgan fingerprint density at radius 1 is 1.14 bits per heavy atom. The number of benzene rings is 1. The molecule has 6 heteroatoms. The summed E-state index contributed by atoms with van der Waals surface area (Å²) in [4.78, 5) is 1.02. The molecule has 108 valence electrons. The van der Waals surface area contributed by atoms with Gasteiger partial charge in [0, 0.05) is 10.8 Å². The van der Waals surface area contributed by atoms with Crippen LogP contribution in [-0.2, 0) is 0 Å². The third-order valence-electron chi connectivity index (χ3n) is 2.94. The van der Waals surface area contributed by atoms with Gasteiger partial charge in [0.1, 0.15) is 24.7 Å². The molecule has 0 saturated carbocycles. The Morgan fingerprint density at radius 3 is 2.76 bits per heavy atom. The summed E-state index contributed by atoms with van der Waals surface area (Å²) in [6.45, 7) is -0.414. The standard InChI is InChI=1S/C15H13FN2O2S/c1-19-15-5-4-12(17-18-15)14-8-10-2-3-11(20-7-6-16)9-13(10)21-14/h2-5,8-9H,6-7H2,1H3. The molecule has 1 aromatic carbocycles. The lowest BCUT2D eigenvalue weighted by molar-refractivity contribution is 0.273. The van der Waals surface area contributed by atoms with Crippen LogP contribution in [0.4, 0.5) is 4.39 Å². The van der Waals surface area contributed by atoms with E-state index in [1.54, 1.807) is 24.5 Å². The molecule has 2 aromatic heterocycles. The van der Waals surface area contributed by atoms with Gasteiger partial charge in [-0.15, -0.1) is 21.5 Å². The van der Waals surface area contributed by atoms with E-state index in [2.05, 4.69) is 16.3 Å². The molecule has 0 unspecified atom stereocenters. The van der Waals surface area contributed by atoms with Crippen LogP contribution < -0.4 is 9.47 Å². The molecule has 0 amide bonds. The number of nitrogens with zero attached hydrogens (tertiary/aromatic N) is 2. The van der Waals surface area contributed by atoms with Gasteiger partial charge < -0.3 is 9.47 Å². The summed E-state index contributed by atoms with van der Waals surface area (Å²) in [7, 11) is 1.56. The minimum Gasteiger partial charge on any atom is -0.491 e. The highest BCUT2D eigenvalue weighted by Gasteiger charge is 2.08. The fourth-order valence-corrected chi connectivity index (χ4v) is 3.00. The molecule has 4 nitrogen and oxygen atoms in total. The van der Waals surface area contributed by atoms with Gasteiger partial charge in [0.25, 0.3) is 0 Å². The molecular formula is C15H13FN2O2S. The molecule has 0 saturated heterocycles. The molecule has 0 aliphatic heterocycles. The summed E-state index contributed by atoms with van der Waals surface area (Å²) in [6.07, 6.45) is 0. The molecule has 0 fully saturated rings. The zero-order chi connectivity index (χ0) is 14.7. The van der Waals surface area contributed by atoms with Crippen LogP contribution in [0.2, 0.25) is 0 Å². The van der Waals surface area contributed by atoms with E-state index in [-0.39, 0.29) is 6.61 Å². The van der Waals surface area contributed by atoms with Crippen LogP contribution >= 0.6 is 11.3 Å². The van der Waals surface area contributed by atoms with Crippen LogP contribution in [0.3, 0.4) is 0 Å². The molecule has 0 atom stereocenters. The van der Waals surface area contributed by atoms with Gasteiger partial charge in [-0.25, -0.2) is 4.39 Å². The van der Waals surface area contributed by atoms with Crippen molar-refractivity contribution < 1.29 is 13.9 Å². The van der Waals surface area contributed by atoms with Gasteiger partial charge in [-0.2, -0.15) is 0 Å². The molecule has 0 aliphatic rings. The molecule has 3 rings (SSSR count). The normalized spacial score (nSPS) is 10.8. The number of methoxy groups -OCH3 is 1. The van der Waals surface area contributed by atoms with Crippen molar-refractivity contribution in [3.63, 3.8) is 0 Å². The Hall–Kier alpha value is -2.21. The predicted octanol–water partition coefficient (Wildman–Crippen LogP) is 3.72. The van der Waals surface area contributed by atoms with Crippen molar-refractivity contribution in [2.75, 3.05) is 20.4 Å². The molecule has 0 radical (unpaired) electrons. The number of rotatable bonds is 5. The summed E-state index contributed by atoms with van der Waals surface area (Å²) < 4.78 is 23.5. The molecule has 2 heterocycles. The average molecular weight is 304 g/mol. The fourth-order valence-electron chi connectivity index (χ4n) is 1.94. The van der Waals surface area contributed by atoms with Gasteiger partial charge in [-0.05, 0) is 35.7 Å². The fraction of sp³-hybridized carbons (Fsp3) is 0.200. The summed E-state index contributed by atoms with van der Waals surface area (Å²) in [6, 6.07) is 11.4. The van der Waals surface area contributed by atoms with Crippen LogP contribution in [0.1, 0.15) is 0 Å². The molecule has 0 spiro atoms. The highest BCUT2D eigenvalue weighted by molar-refractivity contribution is 7.22. The maximum Gasteiger partial charge on any atom is 0.233 e. The van der Waals surface area contributed by atoms with E-state index in [4.69, 9.17) is 9.47 Å². The highest BCUT2D eigenvalue weighted by Crippen LogP contribution is 2.34. The van der Waals surface area contributed by atoms with Crippen molar-refractivity contribution in [1.29, 1.82) is 0 Å². The van der Waals surface area contributed by atoms with Gasteiger partial charge in [0.2, 0.25) is 5.88 Å². The van der Waals surface area contributed by atoms with Crippen LogP contribution in [0, 0.1) is 0 Å². The maximum absolute atomic E-state index is 12.1. The van der Waals surface area contributed by atoms with Crippen LogP contribution in [0.15, 0.2) is 36.4 Å². The third kappa shape index (κ3) is 2.95. The Balaban J connectivity index is 1.92. The molecule has 0 bridgehead atoms. The molecule has 3 aromatic rings. The Morgan fingerprint density at radius 2 is 2.05 bits per heavy atom. The summed E-state index contributed by atoms with van der Waals surface area (Å²) >= 11 is 1.59. The second kappa shape index (κ2) is 6.05. The first-order valence-electron chi connectivity index (χ1n) is 6.40. The minimum atomic E-state index is -0.491. The molecular weight excluding hydrogens is 291 g/mol. The van der Waals surface area contributed by atoms with E-state index in [0.29, 0.717) is 11.6 Å². The number of aromatic nitrogens is 2. The third-order valence-corrected chi connectivity index (χ3v) is 4.06. The zero-order valence-corrected chi connectivity index (χ0v) is 12.2. The number of hydrogen-bond donors (Lipinski definition) is 0. The molecule has 0 aliphatic carbocycles. The van der Waals surface area contributed by atoms with Crippen molar-refractivity contribution in [1.82, 2.24) is 10.2 Å². The smallest absolute Gasteiger partial charge is 0.233 e. The first-order valence-corrected chi connectivity index (χ1v) is 7.22. The van der Waals surface area contributed by atoms with E-state index in [1.807, 2.05) is 24.3 Å². The monoisotopic (exact) mass is 304 g/mol. The largest absolute Gasteiger partial charge is 0.491 e. The average Bonchev–Trinajstić information content (AvgIpc) is 2.96. The minimum absolute atomic E-state index is 0.0771. The summed E-state index contributed by atoms with van der Waals surface area (Å²) in [5.74, 6) is 1.16. The Kier molecular flexibility index (Phi) is 3.96. The molecule has 21 heavy (non-hydrogen) atoms. The molecule has 0 N–H and O–H groups in total. The quantitative estimate of drug-likeness (QED) is 0.720. The van der Waals surface area contributed by atoms with Crippen molar-refractivity contribution in [3.05, 3.63) is 36.4 Å². The van der Waals surface area contributed by atoms with Gasteiger partial charge in [-0.1, -0.05) is 0 Å². The van der Waals surface area contributed by atoms with Crippen LogP contribution in [-0.4, -0.2) is 30.6 Å². The second-order valence-electron chi connectivity index (χ2n) is 4.31. The number of fused-ring (bicyclic) bond motifs is 1. The van der Waals surface area contributed by atoms with Crippen molar-refractivity contribution >= 4 is 21.4 Å². The Bertz CT molecular complexity index is 743. The van der Waals surface area contributed by atoms with E-state index < -0.39 is 6.67 Å². The lowest BCUT2D eigenvalue weighted by atomic mass is 10.2. The van der Waals surface area contributed by atoms with Crippen molar-refractivity contribution in [3.8, 4) is 22.2 Å². The topological polar surface area (TPSA) is 44.2 Å². The first-order chi connectivity index (χ1) is 10.3. The van der Waals surface area contributed by atoms with Crippen molar-refractivity contribution in [2.24, 2.45) is 0 Å². The number of thiophene rings is 1.